The standard InChI is InChI=1S/C15H25N/c1-10(2)13-9-8-12(5)14(11(3)4)15(13)16(6)7/h8-11H,1-7H3. The molecule has 16 heavy (non-hydrogen) atoms. The van der Waals surface area contributed by atoms with Gasteiger partial charge in [0.15, 0.2) is 0 Å². The molecule has 0 bridgehead atoms. The molecule has 0 fully saturated rings. The second kappa shape index (κ2) is 4.90. The number of hydrogen-bond donors (Lipinski definition) is 0. The largest absolute Gasteiger partial charge is 0.377 e. The monoisotopic (exact) mass is 219 g/mol. The Balaban J connectivity index is 3.50. The molecule has 1 heteroatoms. The third-order valence-electron chi connectivity index (χ3n) is 3.11. The smallest absolute Gasteiger partial charge is 0.0434 e. The molecule has 0 aliphatic heterocycles. The van der Waals surface area contributed by atoms with Crippen molar-refractivity contribution in [3.8, 4) is 0 Å². The summed E-state index contributed by atoms with van der Waals surface area (Å²) < 4.78 is 0. The van der Waals surface area contributed by atoms with E-state index in [0.717, 1.165) is 0 Å². The molecule has 0 radical (unpaired) electrons. The fraction of sp³-hybridized carbons (Fsp3) is 0.600. The molecule has 0 heterocycles. The molecule has 0 atom stereocenters. The van der Waals surface area contributed by atoms with Crippen LogP contribution in [0.2, 0.25) is 0 Å². The summed E-state index contributed by atoms with van der Waals surface area (Å²) in [5.41, 5.74) is 5.78. The summed E-state index contributed by atoms with van der Waals surface area (Å²) in [6.07, 6.45) is 0. The molecule has 90 valence electrons. The van der Waals surface area contributed by atoms with Gasteiger partial charge < -0.3 is 4.90 Å². The lowest BCUT2D eigenvalue weighted by molar-refractivity contribution is 0.816. The van der Waals surface area contributed by atoms with Crippen LogP contribution in [0, 0.1) is 6.92 Å². The molecule has 0 saturated heterocycles. The molecule has 0 saturated carbocycles. The van der Waals surface area contributed by atoms with Crippen LogP contribution in [0.3, 0.4) is 0 Å². The van der Waals surface area contributed by atoms with E-state index in [4.69, 9.17) is 0 Å². The van der Waals surface area contributed by atoms with Crippen LogP contribution in [0.5, 0.6) is 0 Å². The topological polar surface area (TPSA) is 3.24 Å². The Hall–Kier alpha value is -0.980. The zero-order valence-corrected chi connectivity index (χ0v) is 11.8. The number of hydrogen-bond acceptors (Lipinski definition) is 1. The minimum Gasteiger partial charge on any atom is -0.377 e. The van der Waals surface area contributed by atoms with E-state index < -0.39 is 0 Å². The average Bonchev–Trinajstić information content (AvgIpc) is 2.15. The van der Waals surface area contributed by atoms with Crippen LogP contribution in [-0.4, -0.2) is 14.1 Å². The molecule has 1 aromatic rings. The predicted octanol–water partition coefficient (Wildman–Crippen LogP) is 4.31. The number of nitrogens with zero attached hydrogens (tertiary/aromatic N) is 1. The van der Waals surface area contributed by atoms with Gasteiger partial charge in [-0.3, -0.25) is 0 Å². The molecule has 0 amide bonds. The Bertz CT molecular complexity index is 362. The van der Waals surface area contributed by atoms with Gasteiger partial charge in [0.2, 0.25) is 0 Å². The first-order valence-electron chi connectivity index (χ1n) is 6.17. The second-order valence-electron chi connectivity index (χ2n) is 5.44. The van der Waals surface area contributed by atoms with Crippen molar-refractivity contribution in [1.82, 2.24) is 0 Å². The van der Waals surface area contributed by atoms with Gasteiger partial charge in [-0.1, -0.05) is 39.8 Å². The van der Waals surface area contributed by atoms with Crippen LogP contribution < -0.4 is 4.90 Å². The predicted molar refractivity (Wildman–Crippen MR) is 73.7 cm³/mol. The molecule has 0 aliphatic rings. The van der Waals surface area contributed by atoms with Gasteiger partial charge in [0.1, 0.15) is 0 Å². The van der Waals surface area contributed by atoms with Gasteiger partial charge in [-0.15, -0.1) is 0 Å². The first-order valence-corrected chi connectivity index (χ1v) is 6.17. The van der Waals surface area contributed by atoms with Gasteiger partial charge in [-0.25, -0.2) is 0 Å². The molecule has 0 aliphatic carbocycles. The van der Waals surface area contributed by atoms with Crippen LogP contribution in [0.25, 0.3) is 0 Å². The maximum atomic E-state index is 2.28. The summed E-state index contributed by atoms with van der Waals surface area (Å²) >= 11 is 0. The Morgan fingerprint density at radius 1 is 0.938 bits per heavy atom. The highest BCUT2D eigenvalue weighted by molar-refractivity contribution is 5.63. The van der Waals surface area contributed by atoms with Crippen LogP contribution in [0.1, 0.15) is 56.2 Å². The van der Waals surface area contributed by atoms with E-state index in [1.54, 1.807) is 0 Å². The van der Waals surface area contributed by atoms with E-state index in [0.29, 0.717) is 11.8 Å². The third kappa shape index (κ3) is 2.40. The van der Waals surface area contributed by atoms with Gasteiger partial charge >= 0.3 is 0 Å². The SMILES string of the molecule is Cc1ccc(C(C)C)c(N(C)C)c1C(C)C. The van der Waals surface area contributed by atoms with E-state index in [9.17, 15) is 0 Å². The Kier molecular flexibility index (Phi) is 4.01. The minimum absolute atomic E-state index is 0.579. The molecular weight excluding hydrogens is 194 g/mol. The summed E-state index contributed by atoms with van der Waals surface area (Å²) in [4.78, 5) is 2.26. The lowest BCUT2D eigenvalue weighted by Crippen LogP contribution is -2.16. The Morgan fingerprint density at radius 3 is 1.88 bits per heavy atom. The van der Waals surface area contributed by atoms with Gasteiger partial charge in [-0.2, -0.15) is 0 Å². The summed E-state index contributed by atoms with van der Waals surface area (Å²) in [7, 11) is 4.29. The molecule has 0 aromatic heterocycles. The zero-order valence-electron chi connectivity index (χ0n) is 11.8. The zero-order chi connectivity index (χ0) is 12.5. The van der Waals surface area contributed by atoms with E-state index in [2.05, 4.69) is 65.7 Å². The molecule has 0 N–H and O–H groups in total. The van der Waals surface area contributed by atoms with Crippen molar-refractivity contribution in [3.63, 3.8) is 0 Å². The summed E-state index contributed by atoms with van der Waals surface area (Å²) in [5.74, 6) is 1.16. The van der Waals surface area contributed by atoms with Gasteiger partial charge in [0, 0.05) is 19.8 Å². The summed E-state index contributed by atoms with van der Waals surface area (Å²) in [5, 5.41) is 0. The van der Waals surface area contributed by atoms with Crippen molar-refractivity contribution >= 4 is 5.69 Å². The molecule has 1 rings (SSSR count). The first-order chi connectivity index (χ1) is 7.36. The van der Waals surface area contributed by atoms with Crippen molar-refractivity contribution in [1.29, 1.82) is 0 Å². The number of benzene rings is 1. The van der Waals surface area contributed by atoms with E-state index in [1.165, 1.54) is 22.4 Å². The van der Waals surface area contributed by atoms with Crippen LogP contribution in [0.15, 0.2) is 12.1 Å². The second-order valence-corrected chi connectivity index (χ2v) is 5.44. The molecule has 1 aromatic carbocycles. The summed E-state index contributed by atoms with van der Waals surface area (Å²) in [6.45, 7) is 11.3. The van der Waals surface area contributed by atoms with E-state index >= 15 is 0 Å². The molecular formula is C15H25N. The minimum atomic E-state index is 0.579. The van der Waals surface area contributed by atoms with Crippen molar-refractivity contribution < 1.29 is 0 Å². The fourth-order valence-corrected chi connectivity index (χ4v) is 2.42. The lowest BCUT2D eigenvalue weighted by Gasteiger charge is -2.27. The summed E-state index contributed by atoms with van der Waals surface area (Å²) in [6, 6.07) is 4.54. The molecule has 1 nitrogen and oxygen atoms in total. The third-order valence-corrected chi connectivity index (χ3v) is 3.11. The van der Waals surface area contributed by atoms with Crippen molar-refractivity contribution in [2.24, 2.45) is 0 Å². The van der Waals surface area contributed by atoms with Gasteiger partial charge in [0.05, 0.1) is 0 Å². The average molecular weight is 219 g/mol. The van der Waals surface area contributed by atoms with Gasteiger partial charge in [0.25, 0.3) is 0 Å². The quantitative estimate of drug-likeness (QED) is 0.732. The fourth-order valence-electron chi connectivity index (χ4n) is 2.42. The highest BCUT2D eigenvalue weighted by atomic mass is 15.1. The molecule has 0 unspecified atom stereocenters. The van der Waals surface area contributed by atoms with Crippen LogP contribution in [0.4, 0.5) is 5.69 Å². The molecule has 0 spiro atoms. The van der Waals surface area contributed by atoms with Crippen LogP contribution in [-0.2, 0) is 0 Å². The van der Waals surface area contributed by atoms with E-state index in [1.807, 2.05) is 0 Å². The number of anilines is 1. The highest BCUT2D eigenvalue weighted by Gasteiger charge is 2.17. The normalized spacial score (nSPS) is 11.3. The van der Waals surface area contributed by atoms with Gasteiger partial charge in [-0.05, 0) is 35.4 Å². The lowest BCUT2D eigenvalue weighted by atomic mass is 9.89. The van der Waals surface area contributed by atoms with Crippen molar-refractivity contribution in [3.05, 3.63) is 28.8 Å². The number of rotatable bonds is 3. The first kappa shape index (κ1) is 13.1. The van der Waals surface area contributed by atoms with Crippen LogP contribution >= 0.6 is 0 Å². The highest BCUT2D eigenvalue weighted by Crippen LogP contribution is 2.36. The Morgan fingerprint density at radius 2 is 1.50 bits per heavy atom. The van der Waals surface area contributed by atoms with Crippen molar-refractivity contribution in [2.45, 2.75) is 46.5 Å². The van der Waals surface area contributed by atoms with Crippen molar-refractivity contribution in [2.75, 3.05) is 19.0 Å². The number of aryl methyl sites for hydroxylation is 1. The Labute approximate surface area is 100 Å². The van der Waals surface area contributed by atoms with E-state index in [-0.39, 0.29) is 0 Å². The maximum absolute atomic E-state index is 2.28. The maximum Gasteiger partial charge on any atom is 0.0434 e.